The van der Waals surface area contributed by atoms with E-state index in [1.165, 1.54) is 29.7 Å². The molecule has 0 amide bonds. The van der Waals surface area contributed by atoms with Crippen molar-refractivity contribution in [3.63, 3.8) is 0 Å². The molecule has 0 saturated carbocycles. The van der Waals surface area contributed by atoms with Crippen molar-refractivity contribution in [3.8, 4) is 57.6 Å². The Kier molecular flexibility index (Phi) is 38.3. The first-order valence-corrected chi connectivity index (χ1v) is 43.4. The lowest BCUT2D eigenvalue weighted by Crippen LogP contribution is -2.29. The molecule has 0 aliphatic carbocycles. The SMILES string of the molecule is COc1cc(F)c2c(ccn2C[C@@H](C)N(C)C)c1.COc1ccc2c(c1)c(F)cn2C[C@@H](C)N(C)C.COc1ccc2c(c1)c(OC)cn2C[C@@H](C)N(C)C.COc1ccc2c(c1)cc(F)n2C[C@@H](C)N(C)C.COc1ccc2c(c1)cc(OC)n2C[C@@H](C)N(C)C.COc1ccc2c(ccn2C[C@@H](C)N(C)C)c1F.COc1ccc2c(ccn2C[C@@H](C)N(C)C)c1OC. The van der Waals surface area contributed by atoms with Gasteiger partial charge in [0.15, 0.2) is 40.7 Å². The lowest BCUT2D eigenvalue weighted by molar-refractivity contribution is 0.273. The summed E-state index contributed by atoms with van der Waals surface area (Å²) in [5.74, 6) is 6.42. The third kappa shape index (κ3) is 26.3. The molecule has 0 radical (unpaired) electrons. The van der Waals surface area contributed by atoms with Crippen LogP contribution in [0.1, 0.15) is 48.5 Å². The Balaban J connectivity index is 0.000000186. The molecule has 0 fully saturated rings. The van der Waals surface area contributed by atoms with Gasteiger partial charge in [0.05, 0.1) is 110 Å². The molecule has 0 unspecified atom stereocenters. The Morgan fingerprint density at radius 1 is 0.264 bits per heavy atom. The Hall–Kier alpha value is -11.2. The molecule has 129 heavy (non-hydrogen) atoms. The van der Waals surface area contributed by atoms with Crippen LogP contribution in [0.5, 0.6) is 57.6 Å². The fourth-order valence-electron chi connectivity index (χ4n) is 14.4. The maximum atomic E-state index is 14.1. The van der Waals surface area contributed by atoms with Crippen LogP contribution in [0.25, 0.3) is 76.3 Å². The van der Waals surface area contributed by atoms with Crippen LogP contribution in [0.3, 0.4) is 0 Å². The second-order valence-electron chi connectivity index (χ2n) is 34.4. The minimum absolute atomic E-state index is 0.199. The number of fused-ring (bicyclic) bond motifs is 7. The quantitative estimate of drug-likeness (QED) is 0.0379. The molecular weight excluding hydrogens is 1650 g/mol. The van der Waals surface area contributed by atoms with Gasteiger partial charge < -0.3 is 114 Å². The van der Waals surface area contributed by atoms with E-state index >= 15 is 0 Å². The Morgan fingerprint density at radius 2 is 0.620 bits per heavy atom. The second-order valence-corrected chi connectivity index (χ2v) is 34.4. The van der Waals surface area contributed by atoms with E-state index in [4.69, 9.17) is 47.4 Å². The van der Waals surface area contributed by atoms with Crippen molar-refractivity contribution in [1.29, 1.82) is 0 Å². The lowest BCUT2D eigenvalue weighted by Gasteiger charge is -2.21. The molecule has 0 aliphatic rings. The van der Waals surface area contributed by atoms with Gasteiger partial charge in [-0.15, -0.1) is 0 Å². The molecule has 7 heterocycles. The largest absolute Gasteiger partial charge is 0.497 e. The van der Waals surface area contributed by atoms with Crippen LogP contribution < -0.4 is 47.4 Å². The van der Waals surface area contributed by atoms with E-state index in [-0.39, 0.29) is 29.4 Å². The van der Waals surface area contributed by atoms with E-state index in [1.54, 1.807) is 99.0 Å². The number of hydrogen-bond donors (Lipinski definition) is 0. The summed E-state index contributed by atoms with van der Waals surface area (Å²) in [5.41, 5.74) is 6.87. The number of nitrogens with zero attached hydrogens (tertiary/aromatic N) is 14. The summed E-state index contributed by atoms with van der Waals surface area (Å²) >= 11 is 0. The molecule has 0 spiro atoms. The molecule has 7 aromatic heterocycles. The van der Waals surface area contributed by atoms with Crippen LogP contribution in [0, 0.1) is 23.4 Å². The predicted octanol–water partition coefficient (Wildman–Crippen LogP) is 18.8. The Bertz CT molecular complexity index is 5820. The molecular formula is C101H142F4N14O10. The first-order chi connectivity index (χ1) is 61.3. The Labute approximate surface area is 761 Å². The highest BCUT2D eigenvalue weighted by molar-refractivity contribution is 5.91. The highest BCUT2D eigenvalue weighted by Gasteiger charge is 2.22. The normalized spacial score (nSPS) is 13.1. The third-order valence-corrected chi connectivity index (χ3v) is 24.4. The van der Waals surface area contributed by atoms with E-state index in [0.717, 1.165) is 123 Å². The molecule has 0 saturated heterocycles. The molecule has 24 nitrogen and oxygen atoms in total. The van der Waals surface area contributed by atoms with Gasteiger partial charge in [-0.3, -0.25) is 0 Å². The minimum Gasteiger partial charge on any atom is -0.497 e. The van der Waals surface area contributed by atoms with Gasteiger partial charge >= 0.3 is 0 Å². The molecule has 0 aliphatic heterocycles. The summed E-state index contributed by atoms with van der Waals surface area (Å²) in [6.07, 6.45) is 9.57. The van der Waals surface area contributed by atoms with Gasteiger partial charge in [-0.05, 0) is 268 Å². The van der Waals surface area contributed by atoms with Crippen LogP contribution in [-0.2, 0) is 45.8 Å². The minimum atomic E-state index is -0.286. The first-order valence-electron chi connectivity index (χ1n) is 43.4. The molecule has 28 heteroatoms. The summed E-state index contributed by atoms with van der Waals surface area (Å²) in [5, 5.41) is 6.29. The number of benzene rings is 7. The molecule has 14 rings (SSSR count). The molecule has 704 valence electrons. The van der Waals surface area contributed by atoms with Gasteiger partial charge in [0.1, 0.15) is 40.3 Å². The van der Waals surface area contributed by atoms with Crippen molar-refractivity contribution >= 4 is 76.3 Å². The number of methoxy groups -OCH3 is 10. The number of rotatable bonds is 31. The zero-order chi connectivity index (χ0) is 95.1. The predicted molar refractivity (Wildman–Crippen MR) is 521 cm³/mol. The van der Waals surface area contributed by atoms with E-state index in [2.05, 4.69) is 186 Å². The molecule has 0 bridgehead atoms. The van der Waals surface area contributed by atoms with E-state index in [0.29, 0.717) is 76.3 Å². The average Bonchev–Trinajstić information content (AvgIpc) is 1.81. The van der Waals surface area contributed by atoms with Crippen LogP contribution in [0.2, 0.25) is 0 Å². The third-order valence-electron chi connectivity index (χ3n) is 24.4. The number of aromatic nitrogens is 7. The average molecular weight is 1790 g/mol. The summed E-state index contributed by atoms with van der Waals surface area (Å²) in [7, 11) is 45.1. The van der Waals surface area contributed by atoms with Gasteiger partial charge in [0, 0.05) is 175 Å². The van der Waals surface area contributed by atoms with E-state index < -0.39 is 0 Å². The van der Waals surface area contributed by atoms with Gasteiger partial charge in [0.25, 0.3) is 0 Å². The maximum Gasteiger partial charge on any atom is 0.194 e. The molecule has 7 atom stereocenters. The van der Waals surface area contributed by atoms with Crippen LogP contribution in [0.4, 0.5) is 17.6 Å². The van der Waals surface area contributed by atoms with Crippen LogP contribution >= 0.6 is 0 Å². The van der Waals surface area contributed by atoms with E-state index in [9.17, 15) is 17.6 Å². The van der Waals surface area contributed by atoms with Gasteiger partial charge in [-0.25, -0.2) is 13.2 Å². The summed E-state index contributed by atoms with van der Waals surface area (Å²) in [6, 6.07) is 46.4. The first kappa shape index (κ1) is 103. The lowest BCUT2D eigenvalue weighted by atomic mass is 10.2. The number of hydrogen-bond acceptors (Lipinski definition) is 17. The van der Waals surface area contributed by atoms with Crippen molar-refractivity contribution in [2.24, 2.45) is 0 Å². The van der Waals surface area contributed by atoms with Crippen molar-refractivity contribution in [1.82, 2.24) is 66.3 Å². The van der Waals surface area contributed by atoms with Gasteiger partial charge in [0.2, 0.25) is 0 Å². The topological polar surface area (TPSA) is 149 Å². The standard InChI is InChI=1S/3C15H22N2O2.4C14H19FN2O/c1-11(16(2)3)10-17-14-7-6-13(18-4)8-12(14)9-15(17)19-5;1-11(16(2)3)9-17-10-15(19-5)13-8-12(18-4)6-7-14(13)17;1-11(16(2)3)10-17-9-8-12-13(17)6-7-14(18-4)15(12)19-5;1-10(16(2)3)9-17-13-6-5-12(18-4)7-11(13)8-14(17)15;1-10(16(2)3)9-17-6-5-11-7-12(18-4)8-13(15)14(11)17;1-10(16(2)3)8-17-9-13(15)12-7-11(18-4)5-6-14(12)17;1-10(16(2)3)9-17-8-7-11-12(17)5-6-13(18-4)14(11)15/h6-9,11H,10H2,1-5H3;6-8,10-11H,9H2,1-5H3;6-9,11H,10H2,1-5H3;2*5-8,10H,9H2,1-4H3;5-7,9-10H,8H2,1-4H3;5-8,10H,9H2,1-4H3/t3*11-;4*10-/m1111111/s1. The Morgan fingerprint density at radius 3 is 1.08 bits per heavy atom. The summed E-state index contributed by atoms with van der Waals surface area (Å²) in [4.78, 5) is 15.1. The van der Waals surface area contributed by atoms with Gasteiger partial charge in [-0.1, -0.05) is 0 Å². The fourth-order valence-corrected chi connectivity index (χ4v) is 14.4. The van der Waals surface area contributed by atoms with Crippen molar-refractivity contribution < 1.29 is 64.9 Å². The number of likely N-dealkylation sites (N-methyl/N-ethyl adjacent to an activating group) is 7. The zero-order valence-electron chi connectivity index (χ0n) is 82.0. The molecule has 7 aromatic carbocycles. The summed E-state index contributed by atoms with van der Waals surface area (Å²) in [6.45, 7) is 20.9. The van der Waals surface area contributed by atoms with E-state index in [1.807, 2.05) is 157 Å². The van der Waals surface area contributed by atoms with Crippen molar-refractivity contribution in [2.75, 3.05) is 170 Å². The number of halogens is 4. The smallest absolute Gasteiger partial charge is 0.194 e. The fraction of sp³-hybridized carbons (Fsp3) is 0.446. The van der Waals surface area contributed by atoms with Crippen LogP contribution in [-0.4, -0.2) is 278 Å². The van der Waals surface area contributed by atoms with Crippen molar-refractivity contribution in [3.05, 3.63) is 194 Å². The number of ether oxygens (including phenoxy) is 10. The van der Waals surface area contributed by atoms with Gasteiger partial charge in [-0.2, -0.15) is 4.39 Å². The molecule has 14 aromatic rings. The second kappa shape index (κ2) is 47.9. The zero-order valence-corrected chi connectivity index (χ0v) is 82.0. The van der Waals surface area contributed by atoms with Crippen LogP contribution in [0.15, 0.2) is 171 Å². The van der Waals surface area contributed by atoms with Crippen molar-refractivity contribution in [2.45, 2.75) is 137 Å². The molecule has 0 N–H and O–H groups in total. The highest BCUT2D eigenvalue weighted by atomic mass is 19.1. The monoisotopic (exact) mass is 1790 g/mol. The summed E-state index contributed by atoms with van der Waals surface area (Å²) < 4.78 is 123. The highest BCUT2D eigenvalue weighted by Crippen LogP contribution is 2.38. The maximum absolute atomic E-state index is 14.1.